The minimum atomic E-state index is 0.269. The summed E-state index contributed by atoms with van der Waals surface area (Å²) in [6.45, 7) is 8.77. The molecule has 0 aliphatic carbocycles. The summed E-state index contributed by atoms with van der Waals surface area (Å²) in [4.78, 5) is 9.66. The van der Waals surface area contributed by atoms with Gasteiger partial charge in [0.1, 0.15) is 11.9 Å². The van der Waals surface area contributed by atoms with Gasteiger partial charge in [0.25, 0.3) is 0 Å². The molecule has 0 spiro atoms. The van der Waals surface area contributed by atoms with Crippen LogP contribution in [0.15, 0.2) is 186 Å². The Morgan fingerprint density at radius 3 is 1.77 bits per heavy atom. The van der Waals surface area contributed by atoms with Crippen LogP contribution in [0.1, 0.15) is 22.3 Å². The van der Waals surface area contributed by atoms with E-state index in [1.165, 1.54) is 0 Å². The number of rotatable bonds is 9. The van der Waals surface area contributed by atoms with Crippen molar-refractivity contribution < 1.29 is 0 Å². The Morgan fingerprint density at radius 1 is 0.583 bits per heavy atom. The molecule has 0 bridgehead atoms. The topological polar surface area (TPSA) is 74.5 Å². The fraction of sp³-hybridized carbons (Fsp3) is 0.0227. The molecule has 0 aliphatic heterocycles. The third-order valence-electron chi connectivity index (χ3n) is 8.16. The van der Waals surface area contributed by atoms with Gasteiger partial charge in [-0.05, 0) is 51.1 Å². The van der Waals surface area contributed by atoms with Crippen molar-refractivity contribution in [3.8, 4) is 39.4 Å². The standard InChI is InChI=1S/C44H34N4/c1-31(34-16-6-3-7-17-34)32(2)43(46)48-44(36-20-10-5-11-21-36)47-30-33-15-12-22-37(27-33)38-23-13-24-39(28-38)41-26-14-25-40(42(41)29-45)35-18-8-4-9-19-35/h3-28H,1-2,30H2,(H2,46,47,48). The second-order valence-corrected chi connectivity index (χ2v) is 11.3. The second kappa shape index (κ2) is 14.7. The average molecular weight is 619 g/mol. The second-order valence-electron chi connectivity index (χ2n) is 11.3. The molecule has 4 nitrogen and oxygen atoms in total. The van der Waals surface area contributed by atoms with Crippen LogP contribution in [0.3, 0.4) is 0 Å². The average Bonchev–Trinajstić information content (AvgIpc) is 3.16. The number of hydrogen-bond donors (Lipinski definition) is 1. The van der Waals surface area contributed by atoms with E-state index in [2.05, 4.69) is 55.6 Å². The Labute approximate surface area is 282 Å². The van der Waals surface area contributed by atoms with Gasteiger partial charge in [0.2, 0.25) is 0 Å². The van der Waals surface area contributed by atoms with Crippen LogP contribution in [-0.4, -0.2) is 11.7 Å². The van der Waals surface area contributed by atoms with E-state index in [4.69, 9.17) is 15.7 Å². The van der Waals surface area contributed by atoms with Crippen LogP contribution < -0.4 is 5.73 Å². The Morgan fingerprint density at radius 2 is 1.10 bits per heavy atom. The molecule has 0 atom stereocenters. The monoisotopic (exact) mass is 618 g/mol. The first-order valence-corrected chi connectivity index (χ1v) is 15.7. The molecule has 0 aromatic heterocycles. The number of nitrogens with two attached hydrogens (primary N) is 1. The van der Waals surface area contributed by atoms with Crippen LogP contribution in [0.2, 0.25) is 0 Å². The summed E-state index contributed by atoms with van der Waals surface area (Å²) < 4.78 is 0. The Hall–Kier alpha value is -6.57. The Kier molecular flexibility index (Phi) is 9.61. The van der Waals surface area contributed by atoms with E-state index in [1.54, 1.807) is 0 Å². The zero-order valence-corrected chi connectivity index (χ0v) is 26.6. The quantitative estimate of drug-likeness (QED) is 0.0995. The van der Waals surface area contributed by atoms with E-state index in [0.29, 0.717) is 29.1 Å². The lowest BCUT2D eigenvalue weighted by atomic mass is 9.91. The molecule has 0 aliphatic rings. The van der Waals surface area contributed by atoms with Crippen LogP contribution in [0.4, 0.5) is 0 Å². The summed E-state index contributed by atoms with van der Waals surface area (Å²) in [5.74, 6) is 0.787. The SMILES string of the molecule is C=C(C(=C)c1ccccc1)C(N)=NC(=NCc1cccc(-c2cccc(-c3cccc(-c4ccccc4)c3C#N)c2)c1)c1ccccc1. The molecule has 230 valence electrons. The molecule has 48 heavy (non-hydrogen) atoms. The van der Waals surface area contributed by atoms with Crippen LogP contribution >= 0.6 is 0 Å². The molecule has 0 radical (unpaired) electrons. The minimum Gasteiger partial charge on any atom is -0.383 e. The molecule has 0 heterocycles. The zero-order valence-electron chi connectivity index (χ0n) is 26.6. The van der Waals surface area contributed by atoms with Crippen molar-refractivity contribution in [3.63, 3.8) is 0 Å². The van der Waals surface area contributed by atoms with Gasteiger partial charge in [0.15, 0.2) is 5.84 Å². The first-order chi connectivity index (χ1) is 23.5. The number of amidine groups is 2. The number of hydrogen-bond acceptors (Lipinski definition) is 2. The summed E-state index contributed by atoms with van der Waals surface area (Å²) in [7, 11) is 0. The molecule has 6 rings (SSSR count). The molecular weight excluding hydrogens is 585 g/mol. The van der Waals surface area contributed by atoms with Gasteiger partial charge in [-0.2, -0.15) is 5.26 Å². The van der Waals surface area contributed by atoms with Crippen molar-refractivity contribution in [2.24, 2.45) is 15.7 Å². The van der Waals surface area contributed by atoms with Crippen molar-refractivity contribution in [2.45, 2.75) is 6.54 Å². The van der Waals surface area contributed by atoms with Gasteiger partial charge in [-0.25, -0.2) is 4.99 Å². The molecule has 0 unspecified atom stereocenters. The van der Waals surface area contributed by atoms with E-state index in [0.717, 1.165) is 50.1 Å². The number of nitrogens with zero attached hydrogens (tertiary/aromatic N) is 3. The van der Waals surface area contributed by atoms with Crippen molar-refractivity contribution in [2.75, 3.05) is 0 Å². The van der Waals surface area contributed by atoms with Crippen molar-refractivity contribution in [1.29, 1.82) is 5.26 Å². The maximum Gasteiger partial charge on any atom is 0.157 e. The first-order valence-electron chi connectivity index (χ1n) is 15.7. The molecule has 6 aromatic carbocycles. The summed E-state index contributed by atoms with van der Waals surface area (Å²) in [5, 5.41) is 10.2. The number of nitriles is 1. The predicted octanol–water partition coefficient (Wildman–Crippen LogP) is 10.1. The molecule has 2 N–H and O–H groups in total. The summed E-state index contributed by atoms with van der Waals surface area (Å²) in [6, 6.07) is 54.8. The predicted molar refractivity (Wildman–Crippen MR) is 200 cm³/mol. The van der Waals surface area contributed by atoms with E-state index >= 15 is 0 Å². The van der Waals surface area contributed by atoms with Crippen LogP contribution in [0.5, 0.6) is 0 Å². The lowest BCUT2D eigenvalue weighted by Crippen LogP contribution is -2.18. The third-order valence-corrected chi connectivity index (χ3v) is 8.16. The van der Waals surface area contributed by atoms with E-state index < -0.39 is 0 Å². The highest BCUT2D eigenvalue weighted by molar-refractivity contribution is 6.16. The summed E-state index contributed by atoms with van der Waals surface area (Å²) in [6.07, 6.45) is 0. The summed E-state index contributed by atoms with van der Waals surface area (Å²) in [5.41, 5.74) is 17.2. The fourth-order valence-electron chi connectivity index (χ4n) is 5.58. The molecule has 0 fully saturated rings. The van der Waals surface area contributed by atoms with Gasteiger partial charge in [-0.15, -0.1) is 0 Å². The fourth-order valence-corrected chi connectivity index (χ4v) is 5.58. The maximum atomic E-state index is 10.2. The third kappa shape index (κ3) is 7.12. The van der Waals surface area contributed by atoms with Gasteiger partial charge in [-0.1, -0.05) is 159 Å². The van der Waals surface area contributed by atoms with Gasteiger partial charge < -0.3 is 5.73 Å². The van der Waals surface area contributed by atoms with Crippen molar-refractivity contribution >= 4 is 17.2 Å². The zero-order chi connectivity index (χ0) is 33.3. The van der Waals surface area contributed by atoms with Gasteiger partial charge in [0, 0.05) is 22.3 Å². The first kappa shape index (κ1) is 31.4. The smallest absolute Gasteiger partial charge is 0.157 e. The van der Waals surface area contributed by atoms with E-state index in [-0.39, 0.29) is 5.84 Å². The lowest BCUT2D eigenvalue weighted by molar-refractivity contribution is 1.06. The van der Waals surface area contributed by atoms with Crippen molar-refractivity contribution in [1.82, 2.24) is 0 Å². The lowest BCUT2D eigenvalue weighted by Gasteiger charge is -2.12. The molecule has 0 saturated heterocycles. The molecule has 4 heteroatoms. The van der Waals surface area contributed by atoms with Gasteiger partial charge >= 0.3 is 0 Å². The van der Waals surface area contributed by atoms with Crippen LogP contribution in [0, 0.1) is 11.3 Å². The Bertz CT molecular complexity index is 2190. The van der Waals surface area contributed by atoms with Gasteiger partial charge in [-0.3, -0.25) is 4.99 Å². The number of benzene rings is 6. The maximum absolute atomic E-state index is 10.2. The number of aliphatic imine (C=N–C) groups is 2. The molecule has 0 saturated carbocycles. The summed E-state index contributed by atoms with van der Waals surface area (Å²) >= 11 is 0. The van der Waals surface area contributed by atoms with Crippen LogP contribution in [-0.2, 0) is 6.54 Å². The highest BCUT2D eigenvalue weighted by Crippen LogP contribution is 2.34. The van der Waals surface area contributed by atoms with Crippen LogP contribution in [0.25, 0.3) is 39.0 Å². The molecule has 0 amide bonds. The van der Waals surface area contributed by atoms with Gasteiger partial charge in [0.05, 0.1) is 12.1 Å². The largest absolute Gasteiger partial charge is 0.383 e. The molecule has 6 aromatic rings. The minimum absolute atomic E-state index is 0.269. The van der Waals surface area contributed by atoms with Crippen molar-refractivity contribution in [3.05, 3.63) is 199 Å². The molecular formula is C44H34N4. The highest BCUT2D eigenvalue weighted by atomic mass is 15.0. The normalized spacial score (nSPS) is 11.5. The van der Waals surface area contributed by atoms with E-state index in [1.807, 2.05) is 121 Å². The van der Waals surface area contributed by atoms with E-state index in [9.17, 15) is 5.26 Å². The highest BCUT2D eigenvalue weighted by Gasteiger charge is 2.13. The Balaban J connectivity index is 1.29.